The standard InChI is InChI=1S/C32H31N5O5/c1-2-41-30(38)17-23-5-3-4-6-29(23)42-19-27-26-16-22(21-8-7-20-11-13-34-31(33)25(20)15-21)9-10-28(26)37(35-27)24-12-14-36(18-24)32(39)40/h3-11,13,15-16,24H,2,12,14,17-19H2,1H3,(H2,33,34)(H,39,40)/t24-/m0/s1. The minimum atomic E-state index is -0.928. The van der Waals surface area contributed by atoms with Crippen LogP contribution >= 0.6 is 0 Å². The van der Waals surface area contributed by atoms with Crippen molar-refractivity contribution in [2.24, 2.45) is 0 Å². The van der Waals surface area contributed by atoms with Crippen LogP contribution in [0.15, 0.2) is 72.9 Å². The van der Waals surface area contributed by atoms with Gasteiger partial charge < -0.3 is 25.2 Å². The molecule has 1 atom stereocenters. The van der Waals surface area contributed by atoms with Crippen molar-refractivity contribution in [1.82, 2.24) is 19.7 Å². The lowest BCUT2D eigenvalue weighted by Crippen LogP contribution is -2.27. The van der Waals surface area contributed by atoms with Crippen LogP contribution in [0.1, 0.15) is 30.6 Å². The molecular formula is C32H31N5O5. The van der Waals surface area contributed by atoms with Crippen molar-refractivity contribution in [2.75, 3.05) is 25.4 Å². The lowest BCUT2D eigenvalue weighted by atomic mass is 10.00. The van der Waals surface area contributed by atoms with E-state index in [1.165, 1.54) is 4.90 Å². The number of amides is 1. The molecule has 1 aliphatic rings. The number of esters is 1. The van der Waals surface area contributed by atoms with Crippen molar-refractivity contribution in [3.63, 3.8) is 0 Å². The van der Waals surface area contributed by atoms with Gasteiger partial charge >= 0.3 is 12.1 Å². The number of likely N-dealkylation sites (tertiary alicyclic amines) is 1. The Labute approximate surface area is 242 Å². The molecule has 1 amide bonds. The number of carbonyl (C=O) groups excluding carboxylic acids is 1. The third-order valence-electron chi connectivity index (χ3n) is 7.67. The Morgan fingerprint density at radius 1 is 1.05 bits per heavy atom. The van der Waals surface area contributed by atoms with Crippen LogP contribution in [0.25, 0.3) is 32.8 Å². The first kappa shape index (κ1) is 27.1. The summed E-state index contributed by atoms with van der Waals surface area (Å²) in [5, 5.41) is 17.3. The fraction of sp³-hybridized carbons (Fsp3) is 0.250. The molecule has 5 aromatic rings. The Bertz CT molecular complexity index is 1800. The number of aromatic nitrogens is 3. The maximum Gasteiger partial charge on any atom is 0.407 e. The summed E-state index contributed by atoms with van der Waals surface area (Å²) in [6, 6.07) is 21.5. The minimum absolute atomic E-state index is 0.0918. The lowest BCUT2D eigenvalue weighted by Gasteiger charge is -2.14. The highest BCUT2D eigenvalue weighted by Crippen LogP contribution is 2.33. The number of rotatable bonds is 8. The molecule has 3 aromatic carbocycles. The Morgan fingerprint density at radius 2 is 1.83 bits per heavy atom. The molecule has 42 heavy (non-hydrogen) atoms. The van der Waals surface area contributed by atoms with E-state index in [1.54, 1.807) is 13.1 Å². The zero-order chi connectivity index (χ0) is 29.2. The zero-order valence-electron chi connectivity index (χ0n) is 23.2. The van der Waals surface area contributed by atoms with E-state index in [4.69, 9.17) is 20.3 Å². The van der Waals surface area contributed by atoms with Crippen LogP contribution in [0.4, 0.5) is 10.6 Å². The molecule has 0 saturated carbocycles. The van der Waals surface area contributed by atoms with E-state index < -0.39 is 6.09 Å². The van der Waals surface area contributed by atoms with Crippen molar-refractivity contribution >= 4 is 39.6 Å². The zero-order valence-corrected chi connectivity index (χ0v) is 23.2. The second-order valence-corrected chi connectivity index (χ2v) is 10.3. The van der Waals surface area contributed by atoms with Crippen molar-refractivity contribution in [3.05, 3.63) is 84.2 Å². The van der Waals surface area contributed by atoms with Gasteiger partial charge in [0.15, 0.2) is 0 Å². The minimum Gasteiger partial charge on any atom is -0.487 e. The second-order valence-electron chi connectivity index (χ2n) is 10.3. The molecule has 0 radical (unpaired) electrons. The molecule has 3 heterocycles. The lowest BCUT2D eigenvalue weighted by molar-refractivity contribution is -0.142. The number of hydrogen-bond donors (Lipinski definition) is 2. The average Bonchev–Trinajstić information content (AvgIpc) is 3.62. The van der Waals surface area contributed by atoms with Crippen LogP contribution in [-0.2, 0) is 22.6 Å². The van der Waals surface area contributed by atoms with Gasteiger partial charge in [-0.3, -0.25) is 9.48 Å². The summed E-state index contributed by atoms with van der Waals surface area (Å²) in [4.78, 5) is 29.4. The first-order valence-electron chi connectivity index (χ1n) is 13.9. The van der Waals surface area contributed by atoms with Crippen LogP contribution in [0.3, 0.4) is 0 Å². The van der Waals surface area contributed by atoms with Gasteiger partial charge in [0.1, 0.15) is 23.9 Å². The molecule has 0 spiro atoms. The summed E-state index contributed by atoms with van der Waals surface area (Å²) < 4.78 is 13.3. The van der Waals surface area contributed by atoms with Crippen LogP contribution < -0.4 is 10.5 Å². The Kier molecular flexibility index (Phi) is 7.35. The second kappa shape index (κ2) is 11.4. The molecule has 6 rings (SSSR count). The fourth-order valence-corrected chi connectivity index (χ4v) is 5.56. The summed E-state index contributed by atoms with van der Waals surface area (Å²) >= 11 is 0. The number of pyridine rings is 1. The third kappa shape index (κ3) is 5.30. The summed E-state index contributed by atoms with van der Waals surface area (Å²) in [5.74, 6) is 0.742. The normalized spacial score (nSPS) is 14.9. The largest absolute Gasteiger partial charge is 0.487 e. The maximum atomic E-state index is 12.2. The van der Waals surface area contributed by atoms with Crippen molar-refractivity contribution in [2.45, 2.75) is 32.4 Å². The van der Waals surface area contributed by atoms with Gasteiger partial charge in [0.05, 0.1) is 24.6 Å². The quantitative estimate of drug-likeness (QED) is 0.238. The number of benzene rings is 3. The number of nitrogen functional groups attached to an aromatic ring is 1. The van der Waals surface area contributed by atoms with E-state index in [2.05, 4.69) is 17.1 Å². The fourth-order valence-electron chi connectivity index (χ4n) is 5.56. The number of nitrogens with zero attached hydrogens (tertiary/aromatic N) is 4. The number of anilines is 1. The molecule has 2 aromatic heterocycles. The van der Waals surface area contributed by atoms with Crippen LogP contribution in [-0.4, -0.2) is 56.5 Å². The third-order valence-corrected chi connectivity index (χ3v) is 7.67. The predicted octanol–water partition coefficient (Wildman–Crippen LogP) is 5.44. The van der Waals surface area contributed by atoms with Crippen molar-refractivity contribution < 1.29 is 24.2 Å². The smallest absolute Gasteiger partial charge is 0.407 e. The van der Waals surface area contributed by atoms with E-state index in [9.17, 15) is 14.7 Å². The van der Waals surface area contributed by atoms with Gasteiger partial charge in [-0.15, -0.1) is 0 Å². The van der Waals surface area contributed by atoms with Crippen molar-refractivity contribution in [1.29, 1.82) is 0 Å². The average molecular weight is 566 g/mol. The monoisotopic (exact) mass is 565 g/mol. The molecule has 1 fully saturated rings. The van der Waals surface area contributed by atoms with Crippen LogP contribution in [0.2, 0.25) is 0 Å². The number of ether oxygens (including phenoxy) is 2. The topological polar surface area (TPSA) is 133 Å². The summed E-state index contributed by atoms with van der Waals surface area (Å²) in [7, 11) is 0. The first-order chi connectivity index (χ1) is 20.4. The predicted molar refractivity (Wildman–Crippen MR) is 159 cm³/mol. The molecule has 214 valence electrons. The molecule has 10 heteroatoms. The van der Waals surface area contributed by atoms with E-state index in [0.29, 0.717) is 43.4 Å². The summed E-state index contributed by atoms with van der Waals surface area (Å²) in [5.41, 5.74) is 10.5. The first-order valence-corrected chi connectivity index (χ1v) is 13.9. The summed E-state index contributed by atoms with van der Waals surface area (Å²) in [6.45, 7) is 3.08. The molecule has 0 unspecified atom stereocenters. The van der Waals surface area contributed by atoms with E-state index in [1.807, 2.05) is 59.3 Å². The van der Waals surface area contributed by atoms with Gasteiger partial charge in [0.25, 0.3) is 0 Å². The molecule has 10 nitrogen and oxygen atoms in total. The number of fused-ring (bicyclic) bond motifs is 2. The number of carbonyl (C=O) groups is 2. The van der Waals surface area contributed by atoms with Crippen molar-refractivity contribution in [3.8, 4) is 16.9 Å². The number of hydrogen-bond acceptors (Lipinski definition) is 7. The maximum absolute atomic E-state index is 12.2. The number of para-hydroxylation sites is 1. The Balaban J connectivity index is 1.37. The van der Waals surface area contributed by atoms with Gasteiger partial charge in [-0.05, 0) is 60.2 Å². The molecule has 1 saturated heterocycles. The van der Waals surface area contributed by atoms with Crippen LogP contribution in [0, 0.1) is 0 Å². The number of carboxylic acid groups (broad SMARTS) is 1. The van der Waals surface area contributed by atoms with Gasteiger partial charge in [-0.1, -0.05) is 36.4 Å². The molecule has 0 bridgehead atoms. The SMILES string of the molecule is CCOC(=O)Cc1ccccc1OCc1nn([C@H]2CCN(C(=O)O)C2)c2ccc(-c3ccc4ccnc(N)c4c3)cc12. The van der Waals surface area contributed by atoms with E-state index in [-0.39, 0.29) is 25.0 Å². The molecule has 3 N–H and O–H groups in total. The van der Waals surface area contributed by atoms with Gasteiger partial charge in [0.2, 0.25) is 0 Å². The van der Waals surface area contributed by atoms with E-state index >= 15 is 0 Å². The molecule has 1 aliphatic heterocycles. The Hall–Kier alpha value is -5.12. The van der Waals surface area contributed by atoms with E-state index in [0.717, 1.165) is 38.4 Å². The highest BCUT2D eigenvalue weighted by atomic mass is 16.5. The summed E-state index contributed by atoms with van der Waals surface area (Å²) in [6.07, 6.45) is 1.55. The highest BCUT2D eigenvalue weighted by Gasteiger charge is 2.29. The van der Waals surface area contributed by atoms with Gasteiger partial charge in [0, 0.05) is 35.6 Å². The molecule has 0 aliphatic carbocycles. The molecular weight excluding hydrogens is 534 g/mol. The van der Waals surface area contributed by atoms with Crippen LogP contribution in [0.5, 0.6) is 5.75 Å². The highest BCUT2D eigenvalue weighted by molar-refractivity contribution is 5.95. The van der Waals surface area contributed by atoms with Gasteiger partial charge in [-0.25, -0.2) is 9.78 Å². The number of nitrogens with two attached hydrogens (primary N) is 1. The Morgan fingerprint density at radius 3 is 2.62 bits per heavy atom. The van der Waals surface area contributed by atoms with Gasteiger partial charge in [-0.2, -0.15) is 5.10 Å².